The molecule has 0 saturated heterocycles. The van der Waals surface area contributed by atoms with Crippen LogP contribution in [-0.2, 0) is 14.6 Å². The van der Waals surface area contributed by atoms with Gasteiger partial charge in [0.15, 0.2) is 15.6 Å². The van der Waals surface area contributed by atoms with Gasteiger partial charge < -0.3 is 5.32 Å². The van der Waals surface area contributed by atoms with Crippen LogP contribution in [0.3, 0.4) is 0 Å². The predicted octanol–water partition coefficient (Wildman–Crippen LogP) is 1.16. The van der Waals surface area contributed by atoms with Gasteiger partial charge in [-0.15, -0.1) is 0 Å². The molecule has 0 aliphatic rings. The van der Waals surface area contributed by atoms with Crippen molar-refractivity contribution in [2.75, 3.05) is 18.1 Å². The minimum atomic E-state index is -3.05. The highest BCUT2D eigenvalue weighted by molar-refractivity contribution is 7.91. The predicted molar refractivity (Wildman–Crippen MR) is 66.3 cm³/mol. The Hall–Kier alpha value is -0.420. The average Bonchev–Trinajstić information content (AvgIpc) is 2.14. The SMILES string of the molecule is CCCS(=O)(=O)CCC(=O)C(C)(C)NCC. The monoisotopic (exact) mass is 249 g/mol. The zero-order valence-electron chi connectivity index (χ0n) is 10.7. The highest BCUT2D eigenvalue weighted by Crippen LogP contribution is 2.08. The summed E-state index contributed by atoms with van der Waals surface area (Å²) < 4.78 is 22.9. The largest absolute Gasteiger partial charge is 0.306 e. The van der Waals surface area contributed by atoms with Crippen LogP contribution < -0.4 is 5.32 Å². The Morgan fingerprint density at radius 1 is 1.19 bits per heavy atom. The lowest BCUT2D eigenvalue weighted by Crippen LogP contribution is -2.47. The topological polar surface area (TPSA) is 63.2 Å². The first-order chi connectivity index (χ1) is 7.25. The lowest BCUT2D eigenvalue weighted by molar-refractivity contribution is -0.123. The number of nitrogens with one attached hydrogen (secondary N) is 1. The molecule has 96 valence electrons. The summed E-state index contributed by atoms with van der Waals surface area (Å²) in [6.07, 6.45) is 0.704. The number of carbonyl (C=O) groups is 1. The number of hydrogen-bond donors (Lipinski definition) is 1. The standard InChI is InChI=1S/C11H23NO3S/c1-5-8-16(14,15)9-7-10(13)11(3,4)12-6-2/h12H,5-9H2,1-4H3. The van der Waals surface area contributed by atoms with Gasteiger partial charge in [0.2, 0.25) is 0 Å². The maximum atomic E-state index is 11.8. The summed E-state index contributed by atoms with van der Waals surface area (Å²) in [6.45, 7) is 8.00. The molecule has 0 unspecified atom stereocenters. The second kappa shape index (κ2) is 6.35. The van der Waals surface area contributed by atoms with E-state index in [9.17, 15) is 13.2 Å². The van der Waals surface area contributed by atoms with Crippen LogP contribution in [0.2, 0.25) is 0 Å². The smallest absolute Gasteiger partial charge is 0.153 e. The van der Waals surface area contributed by atoms with E-state index in [4.69, 9.17) is 0 Å². The summed E-state index contributed by atoms with van der Waals surface area (Å²) in [5.41, 5.74) is -0.628. The van der Waals surface area contributed by atoms with E-state index in [1.165, 1.54) is 0 Å². The molecule has 0 atom stereocenters. The third kappa shape index (κ3) is 5.61. The van der Waals surface area contributed by atoms with Crippen molar-refractivity contribution in [2.45, 2.75) is 46.1 Å². The summed E-state index contributed by atoms with van der Waals surface area (Å²) in [7, 11) is -3.05. The summed E-state index contributed by atoms with van der Waals surface area (Å²) in [6, 6.07) is 0. The molecule has 0 bridgehead atoms. The van der Waals surface area contributed by atoms with E-state index in [2.05, 4.69) is 5.32 Å². The molecule has 0 aliphatic heterocycles. The highest BCUT2D eigenvalue weighted by Gasteiger charge is 2.26. The lowest BCUT2D eigenvalue weighted by atomic mass is 9.97. The van der Waals surface area contributed by atoms with Crippen LogP contribution in [0.15, 0.2) is 0 Å². The van der Waals surface area contributed by atoms with Crippen LogP contribution in [-0.4, -0.2) is 37.8 Å². The fraction of sp³-hybridized carbons (Fsp3) is 0.909. The van der Waals surface area contributed by atoms with Gasteiger partial charge in [0.05, 0.1) is 11.3 Å². The highest BCUT2D eigenvalue weighted by atomic mass is 32.2. The third-order valence-electron chi connectivity index (χ3n) is 2.47. The number of sulfone groups is 1. The van der Waals surface area contributed by atoms with Crippen molar-refractivity contribution in [3.8, 4) is 0 Å². The fourth-order valence-corrected chi connectivity index (χ4v) is 2.84. The summed E-state index contributed by atoms with van der Waals surface area (Å²) >= 11 is 0. The summed E-state index contributed by atoms with van der Waals surface area (Å²) in [5, 5.41) is 3.05. The molecular formula is C11H23NO3S. The summed E-state index contributed by atoms with van der Waals surface area (Å²) in [5.74, 6) is 0.0881. The van der Waals surface area contributed by atoms with Crippen LogP contribution in [0.4, 0.5) is 0 Å². The molecule has 0 radical (unpaired) electrons. The van der Waals surface area contributed by atoms with Gasteiger partial charge in [0.1, 0.15) is 0 Å². The van der Waals surface area contributed by atoms with Gasteiger partial charge in [-0.25, -0.2) is 8.42 Å². The zero-order chi connectivity index (χ0) is 12.8. The average molecular weight is 249 g/mol. The molecule has 0 aromatic carbocycles. The maximum Gasteiger partial charge on any atom is 0.153 e. The minimum Gasteiger partial charge on any atom is -0.306 e. The summed E-state index contributed by atoms with van der Waals surface area (Å²) in [4.78, 5) is 11.8. The van der Waals surface area contributed by atoms with Crippen LogP contribution in [0.25, 0.3) is 0 Å². The lowest BCUT2D eigenvalue weighted by Gasteiger charge is -2.23. The Labute approximate surface area is 98.7 Å². The van der Waals surface area contributed by atoms with Crippen molar-refractivity contribution in [3.05, 3.63) is 0 Å². The van der Waals surface area contributed by atoms with Gasteiger partial charge in [-0.1, -0.05) is 13.8 Å². The van der Waals surface area contributed by atoms with E-state index < -0.39 is 15.4 Å². The first-order valence-corrected chi connectivity index (χ1v) is 7.56. The van der Waals surface area contributed by atoms with Crippen molar-refractivity contribution in [2.24, 2.45) is 0 Å². The Balaban J connectivity index is 4.27. The van der Waals surface area contributed by atoms with Gasteiger partial charge in [0.25, 0.3) is 0 Å². The molecule has 0 aliphatic carbocycles. The minimum absolute atomic E-state index is 0.0332. The zero-order valence-corrected chi connectivity index (χ0v) is 11.5. The van der Waals surface area contributed by atoms with E-state index in [-0.39, 0.29) is 23.7 Å². The molecular weight excluding hydrogens is 226 g/mol. The second-order valence-corrected chi connectivity index (χ2v) is 6.78. The van der Waals surface area contributed by atoms with E-state index in [0.29, 0.717) is 13.0 Å². The first kappa shape index (κ1) is 15.6. The molecule has 0 amide bonds. The molecule has 1 N–H and O–H groups in total. The molecule has 5 heteroatoms. The number of carbonyl (C=O) groups excluding carboxylic acids is 1. The van der Waals surface area contributed by atoms with Crippen molar-refractivity contribution < 1.29 is 13.2 Å². The number of ketones is 1. The van der Waals surface area contributed by atoms with E-state index >= 15 is 0 Å². The molecule has 0 rings (SSSR count). The van der Waals surface area contributed by atoms with Crippen molar-refractivity contribution in [1.29, 1.82) is 0 Å². The van der Waals surface area contributed by atoms with Crippen molar-refractivity contribution >= 4 is 15.6 Å². The Morgan fingerprint density at radius 3 is 2.19 bits per heavy atom. The Bertz CT molecular complexity index is 320. The fourth-order valence-electron chi connectivity index (χ4n) is 1.51. The van der Waals surface area contributed by atoms with E-state index in [1.54, 1.807) is 13.8 Å². The third-order valence-corrected chi connectivity index (χ3v) is 4.33. The van der Waals surface area contributed by atoms with Gasteiger partial charge in [-0.3, -0.25) is 4.79 Å². The van der Waals surface area contributed by atoms with E-state index in [0.717, 1.165) is 0 Å². The van der Waals surface area contributed by atoms with Gasteiger partial charge >= 0.3 is 0 Å². The van der Waals surface area contributed by atoms with Crippen molar-refractivity contribution in [1.82, 2.24) is 5.32 Å². The normalized spacial score (nSPS) is 12.8. The number of rotatable bonds is 8. The number of Topliss-reactive ketones (excluding diaryl/α,β-unsaturated/α-hetero) is 1. The number of hydrogen-bond acceptors (Lipinski definition) is 4. The quantitative estimate of drug-likeness (QED) is 0.701. The van der Waals surface area contributed by atoms with Gasteiger partial charge in [-0.05, 0) is 26.8 Å². The van der Waals surface area contributed by atoms with E-state index in [1.807, 2.05) is 13.8 Å². The molecule has 4 nitrogen and oxygen atoms in total. The molecule has 0 spiro atoms. The second-order valence-electron chi connectivity index (χ2n) is 4.48. The van der Waals surface area contributed by atoms with Gasteiger partial charge in [0, 0.05) is 12.2 Å². The molecule has 0 fully saturated rings. The molecule has 0 aromatic heterocycles. The molecule has 0 aromatic rings. The number of likely N-dealkylation sites (N-methyl/N-ethyl adjacent to an activating group) is 1. The molecule has 0 saturated carbocycles. The Kier molecular flexibility index (Phi) is 6.18. The van der Waals surface area contributed by atoms with Gasteiger partial charge in [-0.2, -0.15) is 0 Å². The van der Waals surface area contributed by atoms with Crippen LogP contribution in [0.5, 0.6) is 0 Å². The molecule has 0 heterocycles. The maximum absolute atomic E-state index is 11.8. The van der Waals surface area contributed by atoms with Crippen molar-refractivity contribution in [3.63, 3.8) is 0 Å². The van der Waals surface area contributed by atoms with Crippen LogP contribution in [0, 0.1) is 0 Å². The van der Waals surface area contributed by atoms with Crippen LogP contribution in [0.1, 0.15) is 40.5 Å². The Morgan fingerprint density at radius 2 is 1.75 bits per heavy atom. The first-order valence-electron chi connectivity index (χ1n) is 5.74. The molecule has 16 heavy (non-hydrogen) atoms. The van der Waals surface area contributed by atoms with Crippen LogP contribution >= 0.6 is 0 Å².